The maximum atomic E-state index is 12.5. The van der Waals surface area contributed by atoms with E-state index in [9.17, 15) is 4.79 Å². The highest BCUT2D eigenvalue weighted by atomic mass is 16.5. The Morgan fingerprint density at radius 1 is 1.12 bits per heavy atom. The van der Waals surface area contributed by atoms with Crippen molar-refractivity contribution in [1.29, 1.82) is 5.26 Å². The number of hydrogen-bond donors (Lipinski definition) is 1. The molecule has 1 unspecified atom stereocenters. The van der Waals surface area contributed by atoms with E-state index in [1.807, 2.05) is 24.3 Å². The van der Waals surface area contributed by atoms with Crippen molar-refractivity contribution in [2.75, 3.05) is 40.5 Å². The summed E-state index contributed by atoms with van der Waals surface area (Å²) in [6.45, 7) is 6.36. The number of methoxy groups -OCH3 is 2. The Morgan fingerprint density at radius 3 is 2.56 bits per heavy atom. The number of nitriles is 1. The molecule has 170 valence electrons. The SMILES string of the molecule is CCN(CC)C(CNC(=O)/C=C/c1ccc(OCC#N)c(OC)c1)c1cccc(OC)c1. The van der Waals surface area contributed by atoms with Gasteiger partial charge in [0.25, 0.3) is 0 Å². The van der Waals surface area contributed by atoms with Crippen molar-refractivity contribution in [3.8, 4) is 23.3 Å². The first kappa shape index (κ1) is 24.8. The summed E-state index contributed by atoms with van der Waals surface area (Å²) in [5.41, 5.74) is 1.88. The van der Waals surface area contributed by atoms with Crippen LogP contribution in [-0.2, 0) is 4.79 Å². The van der Waals surface area contributed by atoms with Crippen molar-refractivity contribution in [3.05, 3.63) is 59.7 Å². The van der Waals surface area contributed by atoms with Gasteiger partial charge in [0.1, 0.15) is 11.8 Å². The number of hydrogen-bond acceptors (Lipinski definition) is 6. The highest BCUT2D eigenvalue weighted by Gasteiger charge is 2.19. The highest BCUT2D eigenvalue weighted by molar-refractivity contribution is 5.91. The summed E-state index contributed by atoms with van der Waals surface area (Å²) < 4.78 is 16.0. The molecule has 0 heterocycles. The predicted molar refractivity (Wildman–Crippen MR) is 125 cm³/mol. The lowest BCUT2D eigenvalue weighted by Crippen LogP contribution is -2.37. The van der Waals surface area contributed by atoms with Crippen LogP contribution in [0.2, 0.25) is 0 Å². The number of nitrogens with zero attached hydrogens (tertiary/aromatic N) is 2. The van der Waals surface area contributed by atoms with Crippen molar-refractivity contribution >= 4 is 12.0 Å². The number of likely N-dealkylation sites (N-methyl/N-ethyl adjacent to an activating group) is 1. The third-order valence-corrected chi connectivity index (χ3v) is 5.11. The molecule has 7 nitrogen and oxygen atoms in total. The molecule has 0 spiro atoms. The van der Waals surface area contributed by atoms with Crippen LogP contribution in [0.4, 0.5) is 0 Å². The normalized spacial score (nSPS) is 11.8. The molecule has 0 fully saturated rings. The molecule has 2 rings (SSSR count). The minimum atomic E-state index is -0.186. The molecule has 2 aromatic carbocycles. The molecule has 0 saturated carbocycles. The van der Waals surface area contributed by atoms with Crippen LogP contribution in [0.25, 0.3) is 6.08 Å². The summed E-state index contributed by atoms with van der Waals surface area (Å²) >= 11 is 0. The Labute approximate surface area is 190 Å². The van der Waals surface area contributed by atoms with Crippen molar-refractivity contribution in [1.82, 2.24) is 10.2 Å². The Hall–Kier alpha value is -3.50. The highest BCUT2D eigenvalue weighted by Crippen LogP contribution is 2.28. The zero-order chi connectivity index (χ0) is 23.3. The number of nitrogens with one attached hydrogen (secondary N) is 1. The van der Waals surface area contributed by atoms with Gasteiger partial charge in [-0.05, 0) is 54.6 Å². The summed E-state index contributed by atoms with van der Waals surface area (Å²) in [5.74, 6) is 1.59. The fourth-order valence-corrected chi connectivity index (χ4v) is 3.42. The lowest BCUT2D eigenvalue weighted by molar-refractivity contribution is -0.116. The molecule has 0 bridgehead atoms. The van der Waals surface area contributed by atoms with E-state index in [1.165, 1.54) is 13.2 Å². The molecule has 1 amide bonds. The molecule has 0 radical (unpaired) electrons. The number of benzene rings is 2. The molecule has 0 aliphatic rings. The van der Waals surface area contributed by atoms with Crippen LogP contribution < -0.4 is 19.5 Å². The fourth-order valence-electron chi connectivity index (χ4n) is 3.42. The minimum Gasteiger partial charge on any atom is -0.497 e. The van der Waals surface area contributed by atoms with Gasteiger partial charge in [-0.1, -0.05) is 32.0 Å². The average Bonchev–Trinajstić information content (AvgIpc) is 2.84. The number of carbonyl (C=O) groups excluding carboxylic acids is 1. The van der Waals surface area contributed by atoms with E-state index in [2.05, 4.69) is 30.1 Å². The first-order valence-electron chi connectivity index (χ1n) is 10.6. The van der Waals surface area contributed by atoms with Crippen molar-refractivity contribution in [2.24, 2.45) is 0 Å². The number of rotatable bonds is 12. The van der Waals surface area contributed by atoms with Crippen molar-refractivity contribution in [3.63, 3.8) is 0 Å². The Balaban J connectivity index is 2.08. The Bertz CT molecular complexity index is 948. The quantitative estimate of drug-likeness (QED) is 0.508. The molecule has 0 aliphatic heterocycles. The van der Waals surface area contributed by atoms with Crippen LogP contribution in [0.3, 0.4) is 0 Å². The van der Waals surface area contributed by atoms with Crippen LogP contribution in [-0.4, -0.2) is 51.3 Å². The maximum Gasteiger partial charge on any atom is 0.244 e. The van der Waals surface area contributed by atoms with Gasteiger partial charge in [-0.15, -0.1) is 0 Å². The zero-order valence-corrected chi connectivity index (χ0v) is 19.1. The van der Waals surface area contributed by atoms with Gasteiger partial charge in [0.2, 0.25) is 5.91 Å². The van der Waals surface area contributed by atoms with E-state index < -0.39 is 0 Å². The third kappa shape index (κ3) is 7.03. The van der Waals surface area contributed by atoms with Gasteiger partial charge in [-0.2, -0.15) is 5.26 Å². The molecule has 0 aliphatic carbocycles. The Kier molecular flexibility index (Phi) is 10.1. The lowest BCUT2D eigenvalue weighted by atomic mass is 10.0. The average molecular weight is 438 g/mol. The van der Waals surface area contributed by atoms with Gasteiger partial charge in [-0.3, -0.25) is 9.69 Å². The molecular formula is C25H31N3O4. The lowest BCUT2D eigenvalue weighted by Gasteiger charge is -2.30. The van der Waals surface area contributed by atoms with Crippen LogP contribution in [0, 0.1) is 11.3 Å². The summed E-state index contributed by atoms with van der Waals surface area (Å²) in [6.07, 6.45) is 3.21. The van der Waals surface area contributed by atoms with Gasteiger partial charge >= 0.3 is 0 Å². The molecule has 1 N–H and O–H groups in total. The van der Waals surface area contributed by atoms with Crippen molar-refractivity contribution < 1.29 is 19.0 Å². The molecule has 7 heteroatoms. The maximum absolute atomic E-state index is 12.5. The Morgan fingerprint density at radius 2 is 1.91 bits per heavy atom. The number of carbonyl (C=O) groups is 1. The second-order valence-electron chi connectivity index (χ2n) is 6.95. The second kappa shape index (κ2) is 13.0. The van der Waals surface area contributed by atoms with Crippen LogP contribution in [0.5, 0.6) is 17.2 Å². The summed E-state index contributed by atoms with van der Waals surface area (Å²) in [4.78, 5) is 14.8. The second-order valence-corrected chi connectivity index (χ2v) is 6.95. The molecule has 1 atom stereocenters. The molecular weight excluding hydrogens is 406 g/mol. The van der Waals surface area contributed by atoms with Gasteiger partial charge in [0.15, 0.2) is 18.1 Å². The number of amides is 1. The van der Waals surface area contributed by atoms with Crippen LogP contribution in [0.15, 0.2) is 48.5 Å². The molecule has 32 heavy (non-hydrogen) atoms. The van der Waals surface area contributed by atoms with Crippen molar-refractivity contribution in [2.45, 2.75) is 19.9 Å². The first-order valence-corrected chi connectivity index (χ1v) is 10.6. The molecule has 0 aromatic heterocycles. The largest absolute Gasteiger partial charge is 0.497 e. The molecule has 0 saturated heterocycles. The third-order valence-electron chi connectivity index (χ3n) is 5.11. The van der Waals surface area contributed by atoms with E-state index in [1.54, 1.807) is 31.4 Å². The van der Waals surface area contributed by atoms with Gasteiger partial charge in [-0.25, -0.2) is 0 Å². The summed E-state index contributed by atoms with van der Waals surface area (Å²) in [5, 5.41) is 11.7. The first-order chi connectivity index (χ1) is 15.6. The number of ether oxygens (including phenoxy) is 3. The van der Waals surface area contributed by atoms with Gasteiger partial charge in [0, 0.05) is 12.6 Å². The van der Waals surface area contributed by atoms with Crippen LogP contribution >= 0.6 is 0 Å². The van der Waals surface area contributed by atoms with E-state index in [0.717, 1.165) is 30.0 Å². The monoisotopic (exact) mass is 437 g/mol. The summed E-state index contributed by atoms with van der Waals surface area (Å²) in [7, 11) is 3.18. The smallest absolute Gasteiger partial charge is 0.244 e. The standard InChI is InChI=1S/C25H31N3O4/c1-5-28(6-2)22(20-8-7-9-21(17-20)30-3)18-27-25(29)13-11-19-10-12-23(32-15-14-26)24(16-19)31-4/h7-13,16-17,22H,5-6,15,18H2,1-4H3,(H,27,29)/b13-11+. The molecule has 2 aromatic rings. The topological polar surface area (TPSA) is 83.8 Å². The fraction of sp³-hybridized carbons (Fsp3) is 0.360. The summed E-state index contributed by atoms with van der Waals surface area (Å²) in [6, 6.07) is 15.2. The van der Waals surface area contributed by atoms with Crippen LogP contribution in [0.1, 0.15) is 31.0 Å². The van der Waals surface area contributed by atoms with E-state index in [-0.39, 0.29) is 18.6 Å². The van der Waals surface area contributed by atoms with E-state index in [4.69, 9.17) is 19.5 Å². The zero-order valence-electron chi connectivity index (χ0n) is 19.1. The van der Waals surface area contributed by atoms with Gasteiger partial charge < -0.3 is 19.5 Å². The predicted octanol–water partition coefficient (Wildman–Crippen LogP) is 3.82. The van der Waals surface area contributed by atoms with E-state index in [0.29, 0.717) is 18.0 Å². The van der Waals surface area contributed by atoms with E-state index >= 15 is 0 Å². The minimum absolute atomic E-state index is 0.0362. The van der Waals surface area contributed by atoms with Gasteiger partial charge in [0.05, 0.1) is 20.3 Å².